The summed E-state index contributed by atoms with van der Waals surface area (Å²) < 4.78 is 10.1. The molecule has 1 aromatic carbocycles. The summed E-state index contributed by atoms with van der Waals surface area (Å²) in [5.74, 6) is -0.590. The van der Waals surface area contributed by atoms with E-state index in [1.807, 2.05) is 0 Å². The van der Waals surface area contributed by atoms with Crippen molar-refractivity contribution in [2.75, 3.05) is 13.7 Å². The van der Waals surface area contributed by atoms with Gasteiger partial charge in [0.1, 0.15) is 5.75 Å². The third-order valence-electron chi connectivity index (χ3n) is 3.79. The number of carbonyl (C=O) groups is 2. The molecule has 114 valence electrons. The summed E-state index contributed by atoms with van der Waals surface area (Å²) in [6.07, 6.45) is 4.40. The van der Waals surface area contributed by atoms with E-state index in [9.17, 15) is 9.59 Å². The van der Waals surface area contributed by atoms with Crippen LogP contribution in [0.2, 0.25) is 5.02 Å². The molecule has 4 nitrogen and oxygen atoms in total. The number of esters is 1. The van der Waals surface area contributed by atoms with Gasteiger partial charge in [0, 0.05) is 5.56 Å². The molecular weight excluding hydrogens is 292 g/mol. The number of ketones is 1. The first-order chi connectivity index (χ1) is 10.1. The highest BCUT2D eigenvalue weighted by Crippen LogP contribution is 2.42. The predicted molar refractivity (Wildman–Crippen MR) is 80.2 cm³/mol. The van der Waals surface area contributed by atoms with E-state index in [2.05, 4.69) is 0 Å². The molecule has 1 fully saturated rings. The molecule has 5 heteroatoms. The number of hydrogen-bond donors (Lipinski definition) is 0. The minimum atomic E-state index is -0.851. The topological polar surface area (TPSA) is 52.6 Å². The van der Waals surface area contributed by atoms with Gasteiger partial charge in [0.05, 0.1) is 18.7 Å². The minimum absolute atomic E-state index is 0.171. The molecule has 0 saturated heterocycles. The van der Waals surface area contributed by atoms with Gasteiger partial charge in [-0.2, -0.15) is 0 Å². The van der Waals surface area contributed by atoms with Crippen molar-refractivity contribution in [1.29, 1.82) is 0 Å². The SMILES string of the molecule is CCOC(=O)C(=O)c1cc(Cl)c(OC)c(C2CCCC2)c1. The van der Waals surface area contributed by atoms with Crippen molar-refractivity contribution in [1.82, 2.24) is 0 Å². The molecule has 0 unspecified atom stereocenters. The molecule has 0 radical (unpaired) electrons. The fourth-order valence-electron chi connectivity index (χ4n) is 2.82. The molecule has 1 aromatic rings. The third-order valence-corrected chi connectivity index (χ3v) is 4.08. The summed E-state index contributed by atoms with van der Waals surface area (Å²) in [6.45, 7) is 1.83. The molecule has 2 rings (SSSR count). The standard InChI is InChI=1S/C16H19ClO4/c1-3-21-16(19)14(18)11-8-12(10-6-4-5-7-10)15(20-2)13(17)9-11/h8-10H,3-7H2,1-2H3. The molecule has 0 atom stereocenters. The van der Waals surface area contributed by atoms with E-state index in [1.54, 1.807) is 20.1 Å². The monoisotopic (exact) mass is 310 g/mol. The molecule has 0 N–H and O–H groups in total. The summed E-state index contributed by atoms with van der Waals surface area (Å²) in [4.78, 5) is 23.7. The normalized spacial score (nSPS) is 15.0. The van der Waals surface area contributed by atoms with E-state index in [4.69, 9.17) is 21.1 Å². The second-order valence-corrected chi connectivity index (χ2v) is 5.52. The number of methoxy groups -OCH3 is 1. The maximum Gasteiger partial charge on any atom is 0.379 e. The Balaban J connectivity index is 2.39. The average molecular weight is 311 g/mol. The van der Waals surface area contributed by atoms with E-state index >= 15 is 0 Å². The van der Waals surface area contributed by atoms with Crippen LogP contribution in [0.15, 0.2) is 12.1 Å². The van der Waals surface area contributed by atoms with Crippen LogP contribution < -0.4 is 4.74 Å². The van der Waals surface area contributed by atoms with E-state index in [1.165, 1.54) is 6.07 Å². The average Bonchev–Trinajstić information content (AvgIpc) is 2.99. The Morgan fingerprint density at radius 3 is 2.52 bits per heavy atom. The van der Waals surface area contributed by atoms with Gasteiger partial charge in [-0.15, -0.1) is 0 Å². The van der Waals surface area contributed by atoms with Crippen molar-refractivity contribution >= 4 is 23.4 Å². The lowest BCUT2D eigenvalue weighted by Crippen LogP contribution is -2.18. The van der Waals surface area contributed by atoms with Gasteiger partial charge < -0.3 is 9.47 Å². The van der Waals surface area contributed by atoms with Crippen LogP contribution in [0.5, 0.6) is 5.75 Å². The highest BCUT2D eigenvalue weighted by Gasteiger charge is 2.26. The second kappa shape index (κ2) is 6.94. The van der Waals surface area contributed by atoms with Crippen molar-refractivity contribution in [3.05, 3.63) is 28.3 Å². The first kappa shape index (κ1) is 15.8. The van der Waals surface area contributed by atoms with Gasteiger partial charge in [0.15, 0.2) is 0 Å². The first-order valence-corrected chi connectivity index (χ1v) is 7.55. The van der Waals surface area contributed by atoms with E-state index < -0.39 is 11.8 Å². The molecule has 0 bridgehead atoms. The quantitative estimate of drug-likeness (QED) is 0.472. The van der Waals surface area contributed by atoms with Gasteiger partial charge in [-0.05, 0) is 43.4 Å². The number of rotatable bonds is 5. The molecule has 0 heterocycles. The smallest absolute Gasteiger partial charge is 0.379 e. The number of ether oxygens (including phenoxy) is 2. The van der Waals surface area contributed by atoms with Gasteiger partial charge in [0.2, 0.25) is 0 Å². The summed E-state index contributed by atoms with van der Waals surface area (Å²) in [5.41, 5.74) is 1.18. The fraction of sp³-hybridized carbons (Fsp3) is 0.500. The molecule has 1 aliphatic rings. The largest absolute Gasteiger partial charge is 0.495 e. The van der Waals surface area contributed by atoms with Crippen LogP contribution in [0, 0.1) is 0 Å². The zero-order valence-electron chi connectivity index (χ0n) is 12.3. The molecule has 0 aliphatic heterocycles. The van der Waals surface area contributed by atoms with Crippen molar-refractivity contribution in [3.63, 3.8) is 0 Å². The lowest BCUT2D eigenvalue weighted by atomic mass is 9.94. The summed E-state index contributed by atoms with van der Waals surface area (Å²) >= 11 is 6.21. The molecular formula is C16H19ClO4. The van der Waals surface area contributed by atoms with Crippen molar-refractivity contribution in [3.8, 4) is 5.75 Å². The summed E-state index contributed by atoms with van der Waals surface area (Å²) in [6, 6.07) is 3.19. The van der Waals surface area contributed by atoms with Crippen molar-refractivity contribution in [2.45, 2.75) is 38.5 Å². The van der Waals surface area contributed by atoms with Crippen LogP contribution in [-0.2, 0) is 9.53 Å². The van der Waals surface area contributed by atoms with Gasteiger partial charge >= 0.3 is 5.97 Å². The van der Waals surface area contributed by atoms with Gasteiger partial charge in [-0.25, -0.2) is 4.79 Å². The lowest BCUT2D eigenvalue weighted by Gasteiger charge is -2.17. The van der Waals surface area contributed by atoms with Crippen molar-refractivity contribution < 1.29 is 19.1 Å². The van der Waals surface area contributed by atoms with Gasteiger partial charge in [0.25, 0.3) is 5.78 Å². The highest BCUT2D eigenvalue weighted by molar-refractivity contribution is 6.41. The Morgan fingerprint density at radius 1 is 1.29 bits per heavy atom. The fourth-order valence-corrected chi connectivity index (χ4v) is 3.12. The number of Topliss-reactive ketones (excluding diaryl/α,β-unsaturated/α-hetero) is 1. The number of carbonyl (C=O) groups excluding carboxylic acids is 2. The predicted octanol–water partition coefficient (Wildman–Crippen LogP) is 3.75. The van der Waals surface area contributed by atoms with E-state index in [0.29, 0.717) is 16.7 Å². The molecule has 1 saturated carbocycles. The van der Waals surface area contributed by atoms with Crippen LogP contribution in [-0.4, -0.2) is 25.5 Å². The summed E-state index contributed by atoms with van der Waals surface area (Å²) in [7, 11) is 1.56. The Morgan fingerprint density at radius 2 is 1.95 bits per heavy atom. The van der Waals surface area contributed by atoms with E-state index in [-0.39, 0.29) is 12.2 Å². The minimum Gasteiger partial charge on any atom is -0.495 e. The number of benzene rings is 1. The van der Waals surface area contributed by atoms with Crippen LogP contribution in [0.25, 0.3) is 0 Å². The zero-order chi connectivity index (χ0) is 15.4. The Bertz CT molecular complexity index is 547. The first-order valence-electron chi connectivity index (χ1n) is 7.17. The maximum absolute atomic E-state index is 12.1. The molecule has 0 spiro atoms. The van der Waals surface area contributed by atoms with Gasteiger partial charge in [-0.3, -0.25) is 4.79 Å². The maximum atomic E-state index is 12.1. The molecule has 1 aliphatic carbocycles. The Kier molecular flexibility index (Phi) is 5.23. The second-order valence-electron chi connectivity index (χ2n) is 5.11. The van der Waals surface area contributed by atoms with Crippen molar-refractivity contribution in [2.24, 2.45) is 0 Å². The Labute approximate surface area is 129 Å². The molecule has 21 heavy (non-hydrogen) atoms. The molecule has 0 amide bonds. The van der Waals surface area contributed by atoms with Crippen LogP contribution in [0.3, 0.4) is 0 Å². The zero-order valence-corrected chi connectivity index (χ0v) is 13.0. The molecule has 0 aromatic heterocycles. The van der Waals surface area contributed by atoms with E-state index in [0.717, 1.165) is 31.2 Å². The summed E-state index contributed by atoms with van der Waals surface area (Å²) in [5, 5.41) is 0.356. The van der Waals surface area contributed by atoms with Crippen LogP contribution in [0.1, 0.15) is 54.4 Å². The van der Waals surface area contributed by atoms with Crippen LogP contribution in [0.4, 0.5) is 0 Å². The highest BCUT2D eigenvalue weighted by atomic mass is 35.5. The van der Waals surface area contributed by atoms with Gasteiger partial charge in [-0.1, -0.05) is 24.4 Å². The number of halogens is 1. The Hall–Kier alpha value is -1.55. The van der Waals surface area contributed by atoms with Crippen LogP contribution >= 0.6 is 11.6 Å². The third kappa shape index (κ3) is 3.38. The lowest BCUT2D eigenvalue weighted by molar-refractivity contribution is -0.137. The number of hydrogen-bond acceptors (Lipinski definition) is 4.